The topological polar surface area (TPSA) is 81.7 Å². The van der Waals surface area contributed by atoms with Crippen LogP contribution in [0.15, 0.2) is 30.3 Å². The summed E-state index contributed by atoms with van der Waals surface area (Å²) in [7, 11) is 2.52. The van der Waals surface area contributed by atoms with E-state index >= 15 is 0 Å². The quantitative estimate of drug-likeness (QED) is 0.733. The van der Waals surface area contributed by atoms with Crippen molar-refractivity contribution in [1.82, 2.24) is 5.32 Å². The molecule has 0 saturated heterocycles. The first kappa shape index (κ1) is 18.7. The van der Waals surface area contributed by atoms with Crippen molar-refractivity contribution in [2.24, 2.45) is 5.92 Å². The van der Waals surface area contributed by atoms with Gasteiger partial charge >= 0.3 is 11.9 Å². The lowest BCUT2D eigenvalue weighted by Crippen LogP contribution is -2.46. The molecule has 1 amide bonds. The highest BCUT2D eigenvalue weighted by Gasteiger charge is 2.29. The van der Waals surface area contributed by atoms with Crippen molar-refractivity contribution >= 4 is 17.8 Å². The highest BCUT2D eigenvalue weighted by molar-refractivity contribution is 5.85. The number of amides is 1. The molecule has 1 rings (SSSR count). The van der Waals surface area contributed by atoms with Crippen molar-refractivity contribution in [3.05, 3.63) is 35.9 Å². The summed E-state index contributed by atoms with van der Waals surface area (Å²) in [5.41, 5.74) is 1.04. The monoisotopic (exact) mass is 321 g/mol. The van der Waals surface area contributed by atoms with E-state index in [1.54, 1.807) is 6.92 Å². The number of aryl methyl sites for hydroxylation is 1. The van der Waals surface area contributed by atoms with Gasteiger partial charge in [-0.3, -0.25) is 9.59 Å². The molecule has 0 aliphatic carbocycles. The second-order valence-electron chi connectivity index (χ2n) is 5.31. The molecule has 0 aliphatic rings. The lowest BCUT2D eigenvalue weighted by molar-refractivity contribution is -0.148. The van der Waals surface area contributed by atoms with Gasteiger partial charge in [0, 0.05) is 6.42 Å². The number of carbonyl (C=O) groups is 3. The van der Waals surface area contributed by atoms with Crippen LogP contribution in [0.1, 0.15) is 25.3 Å². The van der Waals surface area contributed by atoms with E-state index in [9.17, 15) is 14.4 Å². The molecule has 0 heterocycles. The van der Waals surface area contributed by atoms with E-state index in [4.69, 9.17) is 4.74 Å². The predicted octanol–water partition coefficient (Wildman–Crippen LogP) is 1.48. The Morgan fingerprint density at radius 3 is 2.30 bits per heavy atom. The van der Waals surface area contributed by atoms with Gasteiger partial charge in [0.1, 0.15) is 6.04 Å². The average molecular weight is 321 g/mol. The Hall–Kier alpha value is -2.37. The first-order chi connectivity index (χ1) is 11.0. The minimum Gasteiger partial charge on any atom is -0.469 e. The van der Waals surface area contributed by atoms with Gasteiger partial charge in [0.25, 0.3) is 0 Å². The molecular weight excluding hydrogens is 298 g/mol. The lowest BCUT2D eigenvalue weighted by atomic mass is 9.98. The molecule has 1 aromatic carbocycles. The maximum atomic E-state index is 12.1. The second kappa shape index (κ2) is 9.61. The number of benzene rings is 1. The smallest absolute Gasteiger partial charge is 0.328 e. The van der Waals surface area contributed by atoms with Crippen molar-refractivity contribution in [1.29, 1.82) is 0 Å². The third kappa shape index (κ3) is 6.50. The van der Waals surface area contributed by atoms with Crippen LogP contribution in [0.25, 0.3) is 0 Å². The fourth-order valence-corrected chi connectivity index (χ4v) is 2.17. The number of rotatable bonds is 8. The Bertz CT molecular complexity index is 529. The van der Waals surface area contributed by atoms with Crippen molar-refractivity contribution in [3.63, 3.8) is 0 Å². The first-order valence-corrected chi connectivity index (χ1v) is 7.45. The summed E-state index contributed by atoms with van der Waals surface area (Å²) in [4.78, 5) is 35.3. The minimum absolute atomic E-state index is 0.0230. The molecule has 0 saturated carbocycles. The molecule has 0 aromatic heterocycles. The lowest BCUT2D eigenvalue weighted by Gasteiger charge is -2.22. The normalized spacial score (nSPS) is 12.8. The van der Waals surface area contributed by atoms with Crippen LogP contribution in [0.4, 0.5) is 0 Å². The molecule has 126 valence electrons. The zero-order chi connectivity index (χ0) is 17.2. The van der Waals surface area contributed by atoms with E-state index in [1.807, 2.05) is 30.3 Å². The number of methoxy groups -OCH3 is 2. The molecule has 23 heavy (non-hydrogen) atoms. The van der Waals surface area contributed by atoms with E-state index in [-0.39, 0.29) is 18.7 Å². The van der Waals surface area contributed by atoms with Crippen LogP contribution < -0.4 is 5.32 Å². The van der Waals surface area contributed by atoms with Crippen molar-refractivity contribution in [3.8, 4) is 0 Å². The molecule has 1 aromatic rings. The number of esters is 2. The van der Waals surface area contributed by atoms with Crippen LogP contribution in [0.5, 0.6) is 0 Å². The number of carbonyl (C=O) groups excluding carboxylic acids is 3. The number of hydrogen-bond acceptors (Lipinski definition) is 5. The minimum atomic E-state index is -0.873. The van der Waals surface area contributed by atoms with E-state index in [2.05, 4.69) is 10.1 Å². The standard InChI is InChI=1S/C17H23NO5/c1-12(11-15(20)22-2)16(17(21)23-3)18-14(19)10-9-13-7-5-4-6-8-13/h4-8,12,16H,9-11H2,1-3H3,(H,18,19)/t12-,16-/m0/s1. The summed E-state index contributed by atoms with van der Waals surface area (Å²) < 4.78 is 9.30. The molecular formula is C17H23NO5. The molecule has 0 unspecified atom stereocenters. The van der Waals surface area contributed by atoms with Crippen LogP contribution in [-0.4, -0.2) is 38.1 Å². The first-order valence-electron chi connectivity index (χ1n) is 7.45. The Morgan fingerprint density at radius 1 is 1.09 bits per heavy atom. The molecule has 6 nitrogen and oxygen atoms in total. The number of hydrogen-bond donors (Lipinski definition) is 1. The molecule has 6 heteroatoms. The Morgan fingerprint density at radius 2 is 1.74 bits per heavy atom. The maximum Gasteiger partial charge on any atom is 0.328 e. The fraction of sp³-hybridized carbons (Fsp3) is 0.471. The summed E-state index contributed by atoms with van der Waals surface area (Å²) in [6.07, 6.45) is 0.851. The van der Waals surface area contributed by atoms with Gasteiger partial charge in [-0.25, -0.2) is 4.79 Å². The fourth-order valence-electron chi connectivity index (χ4n) is 2.17. The van der Waals surface area contributed by atoms with E-state index < -0.39 is 23.9 Å². The van der Waals surface area contributed by atoms with Crippen LogP contribution in [-0.2, 0) is 30.3 Å². The predicted molar refractivity (Wildman–Crippen MR) is 84.5 cm³/mol. The van der Waals surface area contributed by atoms with Crippen LogP contribution >= 0.6 is 0 Å². The van der Waals surface area contributed by atoms with Gasteiger partial charge in [-0.1, -0.05) is 37.3 Å². The van der Waals surface area contributed by atoms with Gasteiger partial charge in [0.2, 0.25) is 5.91 Å². The van der Waals surface area contributed by atoms with Gasteiger partial charge < -0.3 is 14.8 Å². The van der Waals surface area contributed by atoms with Crippen LogP contribution in [0, 0.1) is 5.92 Å². The van der Waals surface area contributed by atoms with E-state index in [1.165, 1.54) is 14.2 Å². The van der Waals surface area contributed by atoms with Gasteiger partial charge in [0.15, 0.2) is 0 Å². The third-order valence-corrected chi connectivity index (χ3v) is 3.54. The van der Waals surface area contributed by atoms with Crippen molar-refractivity contribution in [2.75, 3.05) is 14.2 Å². The van der Waals surface area contributed by atoms with Gasteiger partial charge in [0.05, 0.1) is 20.6 Å². The summed E-state index contributed by atoms with van der Waals surface area (Å²) in [6.45, 7) is 1.69. The van der Waals surface area contributed by atoms with Gasteiger partial charge in [-0.2, -0.15) is 0 Å². The summed E-state index contributed by atoms with van der Waals surface area (Å²) in [6, 6.07) is 8.72. The second-order valence-corrected chi connectivity index (χ2v) is 5.31. The molecule has 0 bridgehead atoms. The van der Waals surface area contributed by atoms with Gasteiger partial charge in [-0.05, 0) is 17.9 Å². The summed E-state index contributed by atoms with van der Waals surface area (Å²) in [5, 5.41) is 2.65. The molecule has 0 radical (unpaired) electrons. The van der Waals surface area contributed by atoms with E-state index in [0.29, 0.717) is 6.42 Å². The van der Waals surface area contributed by atoms with E-state index in [0.717, 1.165) is 5.56 Å². The van der Waals surface area contributed by atoms with Crippen molar-refractivity contribution < 1.29 is 23.9 Å². The number of ether oxygens (including phenoxy) is 2. The molecule has 0 spiro atoms. The summed E-state index contributed by atoms with van der Waals surface area (Å²) in [5.74, 6) is -1.70. The Balaban J connectivity index is 2.60. The van der Waals surface area contributed by atoms with Crippen molar-refractivity contribution in [2.45, 2.75) is 32.2 Å². The third-order valence-electron chi connectivity index (χ3n) is 3.54. The highest BCUT2D eigenvalue weighted by atomic mass is 16.5. The Labute approximate surface area is 136 Å². The molecule has 2 atom stereocenters. The highest BCUT2D eigenvalue weighted by Crippen LogP contribution is 2.12. The Kier molecular flexibility index (Phi) is 7.80. The SMILES string of the molecule is COC(=O)C[C@H](C)[C@H](NC(=O)CCc1ccccc1)C(=O)OC. The van der Waals surface area contributed by atoms with Crippen LogP contribution in [0.3, 0.4) is 0 Å². The summed E-state index contributed by atoms with van der Waals surface area (Å²) >= 11 is 0. The zero-order valence-electron chi connectivity index (χ0n) is 13.7. The molecule has 1 N–H and O–H groups in total. The number of nitrogens with one attached hydrogen (secondary N) is 1. The average Bonchev–Trinajstić information content (AvgIpc) is 2.57. The van der Waals surface area contributed by atoms with Gasteiger partial charge in [-0.15, -0.1) is 0 Å². The largest absolute Gasteiger partial charge is 0.469 e. The maximum absolute atomic E-state index is 12.1. The molecule has 0 aliphatic heterocycles. The zero-order valence-corrected chi connectivity index (χ0v) is 13.7. The van der Waals surface area contributed by atoms with Crippen LogP contribution in [0.2, 0.25) is 0 Å². The molecule has 0 fully saturated rings.